The smallest absolute Gasteiger partial charge is 0.233 e. The molecule has 0 atom stereocenters. The molecule has 0 saturated carbocycles. The summed E-state index contributed by atoms with van der Waals surface area (Å²) < 4.78 is 8.93. The molecule has 2 aromatic carbocycles. The summed E-state index contributed by atoms with van der Waals surface area (Å²) >= 11 is 6.57. The zero-order chi connectivity index (χ0) is 27.9. The minimum atomic E-state index is 0.320. The SMILES string of the molecule is CC(C)c1cc(C(C)C)c(-n2/c(=N\Cl)n(-c3c(C(C)C)cccc3C(C)C)c3ncccc32)c(C(C)C)c1. The van der Waals surface area contributed by atoms with Gasteiger partial charge in [-0.1, -0.05) is 99.6 Å². The Kier molecular flexibility index (Phi) is 8.23. The fourth-order valence-electron chi connectivity index (χ4n) is 5.49. The Morgan fingerprint density at radius 3 is 1.58 bits per heavy atom. The van der Waals surface area contributed by atoms with E-state index >= 15 is 0 Å². The molecule has 0 spiro atoms. The van der Waals surface area contributed by atoms with Crippen LogP contribution in [0, 0.1) is 0 Å². The van der Waals surface area contributed by atoms with E-state index in [2.05, 4.69) is 119 Å². The Morgan fingerprint density at radius 2 is 1.13 bits per heavy atom. The Hall–Kier alpha value is -2.85. The van der Waals surface area contributed by atoms with E-state index in [9.17, 15) is 0 Å². The van der Waals surface area contributed by atoms with E-state index < -0.39 is 0 Å². The van der Waals surface area contributed by atoms with Gasteiger partial charge in [0.25, 0.3) is 0 Å². The summed E-state index contributed by atoms with van der Waals surface area (Å²) in [6.45, 7) is 22.6. The monoisotopic (exact) mass is 530 g/mol. The van der Waals surface area contributed by atoms with Crippen molar-refractivity contribution in [1.82, 2.24) is 14.1 Å². The molecule has 0 saturated heterocycles. The molecular weight excluding hydrogens is 488 g/mol. The van der Waals surface area contributed by atoms with E-state index in [4.69, 9.17) is 16.8 Å². The molecule has 4 aromatic rings. The lowest BCUT2D eigenvalue weighted by Crippen LogP contribution is -2.27. The van der Waals surface area contributed by atoms with Crippen LogP contribution in [-0.2, 0) is 0 Å². The van der Waals surface area contributed by atoms with Gasteiger partial charge >= 0.3 is 0 Å². The van der Waals surface area contributed by atoms with Crippen molar-refractivity contribution in [2.24, 2.45) is 4.51 Å². The molecule has 0 unspecified atom stereocenters. The molecule has 0 aliphatic rings. The van der Waals surface area contributed by atoms with Crippen molar-refractivity contribution in [3.8, 4) is 11.4 Å². The fourth-order valence-corrected chi connectivity index (χ4v) is 5.64. The zero-order valence-electron chi connectivity index (χ0n) is 24.7. The summed E-state index contributed by atoms with van der Waals surface area (Å²) in [6.07, 6.45) is 1.86. The van der Waals surface area contributed by atoms with E-state index in [0.717, 1.165) is 16.9 Å². The van der Waals surface area contributed by atoms with Gasteiger partial charge in [0.1, 0.15) is 0 Å². The average molecular weight is 531 g/mol. The molecule has 38 heavy (non-hydrogen) atoms. The van der Waals surface area contributed by atoms with Gasteiger partial charge in [-0.05, 0) is 69.5 Å². The third kappa shape index (κ3) is 4.84. The highest BCUT2D eigenvalue weighted by Gasteiger charge is 2.26. The highest BCUT2D eigenvalue weighted by molar-refractivity contribution is 6.14. The number of rotatable bonds is 7. The van der Waals surface area contributed by atoms with Crippen molar-refractivity contribution < 1.29 is 0 Å². The molecule has 2 aromatic heterocycles. The third-order valence-electron chi connectivity index (χ3n) is 7.59. The van der Waals surface area contributed by atoms with Crippen LogP contribution >= 0.6 is 11.8 Å². The number of imidazole rings is 1. The standard InChI is InChI=1S/C33H43ClN4/c1-19(2)24-17-27(22(7)8)31(28(18-24)23(9)10)37-29-15-12-16-35-32(29)38(33(37)36-34)30-25(20(3)4)13-11-14-26(30)21(5)6/h11-23H,1-10H3/b36-33+. The fraction of sp³-hybridized carbons (Fsp3) is 0.455. The molecule has 4 rings (SSSR count). The first-order chi connectivity index (χ1) is 18.0. The van der Waals surface area contributed by atoms with Crippen LogP contribution in [0.4, 0.5) is 0 Å². The maximum atomic E-state index is 6.57. The van der Waals surface area contributed by atoms with E-state index in [1.807, 2.05) is 12.3 Å². The van der Waals surface area contributed by atoms with Gasteiger partial charge in [-0.2, -0.15) is 0 Å². The lowest BCUT2D eigenvalue weighted by molar-refractivity contribution is 0.763. The van der Waals surface area contributed by atoms with E-state index in [1.54, 1.807) is 0 Å². The second-order valence-electron chi connectivity index (χ2n) is 12.0. The van der Waals surface area contributed by atoms with Gasteiger partial charge in [0.15, 0.2) is 5.65 Å². The second kappa shape index (κ2) is 11.1. The number of hydrogen-bond acceptors (Lipinski definition) is 2. The first-order valence-electron chi connectivity index (χ1n) is 14.0. The number of halogens is 1. The molecule has 0 aliphatic heterocycles. The average Bonchev–Trinajstić information content (AvgIpc) is 3.20. The molecule has 0 radical (unpaired) electrons. The highest BCUT2D eigenvalue weighted by Crippen LogP contribution is 2.37. The van der Waals surface area contributed by atoms with E-state index in [-0.39, 0.29) is 0 Å². The molecule has 5 heteroatoms. The largest absolute Gasteiger partial charge is 0.275 e. The minimum Gasteiger partial charge on any atom is -0.275 e. The second-order valence-corrected chi connectivity index (χ2v) is 12.2. The number of aromatic nitrogens is 3. The highest BCUT2D eigenvalue weighted by atomic mass is 35.5. The van der Waals surface area contributed by atoms with Gasteiger partial charge in [-0.15, -0.1) is 4.51 Å². The van der Waals surface area contributed by atoms with Crippen molar-refractivity contribution in [2.75, 3.05) is 0 Å². The van der Waals surface area contributed by atoms with Crippen LogP contribution in [0.2, 0.25) is 0 Å². The molecule has 2 heterocycles. The summed E-state index contributed by atoms with van der Waals surface area (Å²) in [5.74, 6) is 1.73. The molecule has 0 N–H and O–H groups in total. The Bertz CT molecular complexity index is 1460. The normalized spacial score (nSPS) is 12.9. The molecule has 0 bridgehead atoms. The summed E-state index contributed by atoms with van der Waals surface area (Å²) in [5.41, 5.74) is 11.3. The summed E-state index contributed by atoms with van der Waals surface area (Å²) in [7, 11) is 0. The number of para-hydroxylation sites is 1. The van der Waals surface area contributed by atoms with Crippen LogP contribution in [0.3, 0.4) is 0 Å². The van der Waals surface area contributed by atoms with Crippen LogP contribution in [0.15, 0.2) is 53.2 Å². The van der Waals surface area contributed by atoms with Crippen molar-refractivity contribution >= 4 is 22.9 Å². The molecule has 202 valence electrons. The maximum Gasteiger partial charge on any atom is 0.233 e. The van der Waals surface area contributed by atoms with Crippen molar-refractivity contribution in [3.05, 3.63) is 82.1 Å². The maximum absolute atomic E-state index is 6.57. The molecule has 0 aliphatic carbocycles. The van der Waals surface area contributed by atoms with Crippen molar-refractivity contribution in [2.45, 2.75) is 98.8 Å². The van der Waals surface area contributed by atoms with Crippen LogP contribution in [0.1, 0.15) is 127 Å². The van der Waals surface area contributed by atoms with Crippen LogP contribution in [0.5, 0.6) is 0 Å². The van der Waals surface area contributed by atoms with Gasteiger partial charge in [0.05, 0.1) is 16.9 Å². The van der Waals surface area contributed by atoms with E-state index in [1.165, 1.54) is 33.5 Å². The van der Waals surface area contributed by atoms with Crippen molar-refractivity contribution in [3.63, 3.8) is 0 Å². The number of benzene rings is 2. The molecule has 0 amide bonds. The van der Waals surface area contributed by atoms with Gasteiger partial charge in [0, 0.05) is 18.0 Å². The number of hydrogen-bond donors (Lipinski definition) is 0. The quantitative estimate of drug-likeness (QED) is 0.234. The Morgan fingerprint density at radius 1 is 0.632 bits per heavy atom. The number of nitrogens with zero attached hydrogens (tertiary/aromatic N) is 4. The first-order valence-corrected chi connectivity index (χ1v) is 14.4. The van der Waals surface area contributed by atoms with Gasteiger partial charge in [-0.3, -0.25) is 9.13 Å². The summed E-state index contributed by atoms with van der Waals surface area (Å²) in [6, 6.07) is 15.5. The lowest BCUT2D eigenvalue weighted by Gasteiger charge is -2.24. The zero-order valence-corrected chi connectivity index (χ0v) is 25.4. The van der Waals surface area contributed by atoms with E-state index in [0.29, 0.717) is 35.2 Å². The van der Waals surface area contributed by atoms with Gasteiger partial charge in [-0.25, -0.2) is 4.98 Å². The lowest BCUT2D eigenvalue weighted by atomic mass is 9.87. The topological polar surface area (TPSA) is 35.1 Å². The third-order valence-corrected chi connectivity index (χ3v) is 7.74. The Labute approximate surface area is 233 Å². The number of fused-ring (bicyclic) bond motifs is 1. The minimum absolute atomic E-state index is 0.320. The molecule has 4 nitrogen and oxygen atoms in total. The molecular formula is C33H43ClN4. The summed E-state index contributed by atoms with van der Waals surface area (Å²) in [4.78, 5) is 4.93. The Balaban J connectivity index is 2.28. The number of pyridine rings is 1. The van der Waals surface area contributed by atoms with Crippen LogP contribution in [-0.4, -0.2) is 14.1 Å². The van der Waals surface area contributed by atoms with Gasteiger partial charge in [0.2, 0.25) is 5.62 Å². The van der Waals surface area contributed by atoms with Gasteiger partial charge < -0.3 is 0 Å². The van der Waals surface area contributed by atoms with Crippen molar-refractivity contribution in [1.29, 1.82) is 0 Å². The predicted molar refractivity (Wildman–Crippen MR) is 162 cm³/mol. The molecule has 0 fully saturated rings. The van der Waals surface area contributed by atoms with Crippen LogP contribution < -0.4 is 5.62 Å². The van der Waals surface area contributed by atoms with Crippen LogP contribution in [0.25, 0.3) is 22.5 Å². The predicted octanol–water partition coefficient (Wildman–Crippen LogP) is 9.49. The summed E-state index contributed by atoms with van der Waals surface area (Å²) in [5, 5.41) is 0. The first kappa shape index (κ1) is 28.2.